The topological polar surface area (TPSA) is 12.5 Å². The van der Waals surface area contributed by atoms with E-state index < -0.39 is 0 Å². The van der Waals surface area contributed by atoms with E-state index in [1.807, 2.05) is 0 Å². The van der Waals surface area contributed by atoms with Crippen molar-refractivity contribution < 1.29 is 4.74 Å². The van der Waals surface area contributed by atoms with Crippen LogP contribution in [0.1, 0.15) is 46.5 Å². The minimum atomic E-state index is 0.0240. The lowest BCUT2D eigenvalue weighted by atomic mass is 9.83. The molecule has 0 N–H and O–H groups in total. The predicted molar refractivity (Wildman–Crippen MR) is 67.6 cm³/mol. The second-order valence-corrected chi connectivity index (χ2v) is 6.86. The van der Waals surface area contributed by atoms with Crippen molar-refractivity contribution in [3.63, 3.8) is 0 Å². The van der Waals surface area contributed by atoms with Gasteiger partial charge in [0.05, 0.1) is 12.2 Å². The van der Waals surface area contributed by atoms with Crippen molar-refractivity contribution in [2.45, 2.75) is 52.1 Å². The molecule has 0 spiro atoms. The van der Waals surface area contributed by atoms with E-state index in [4.69, 9.17) is 4.74 Å². The molecule has 1 heterocycles. The molecule has 0 aromatic heterocycles. The summed E-state index contributed by atoms with van der Waals surface area (Å²) in [5.74, 6) is 0.883. The lowest BCUT2D eigenvalue weighted by Gasteiger charge is -2.36. The Balaban J connectivity index is 1.87. The number of rotatable bonds is 3. The molecule has 0 aromatic rings. The second kappa shape index (κ2) is 4.30. The van der Waals surface area contributed by atoms with Gasteiger partial charge in [0.15, 0.2) is 0 Å². The summed E-state index contributed by atoms with van der Waals surface area (Å²) in [4.78, 5) is 2.49. The Hall–Kier alpha value is -0.0800. The van der Waals surface area contributed by atoms with E-state index >= 15 is 0 Å². The van der Waals surface area contributed by atoms with Crippen molar-refractivity contribution in [2.75, 3.05) is 26.7 Å². The van der Waals surface area contributed by atoms with Gasteiger partial charge in [-0.1, -0.05) is 0 Å². The first kappa shape index (κ1) is 12.4. The molecule has 2 nitrogen and oxygen atoms in total. The van der Waals surface area contributed by atoms with Gasteiger partial charge in [0.25, 0.3) is 0 Å². The highest BCUT2D eigenvalue weighted by Crippen LogP contribution is 2.55. The van der Waals surface area contributed by atoms with Crippen LogP contribution < -0.4 is 0 Å². The SMILES string of the molecule is CN1CCCC(C2(COC(C)(C)C)CC2)C1. The molecule has 16 heavy (non-hydrogen) atoms. The Morgan fingerprint density at radius 3 is 2.50 bits per heavy atom. The maximum absolute atomic E-state index is 6.03. The van der Waals surface area contributed by atoms with Gasteiger partial charge in [0, 0.05) is 6.54 Å². The molecule has 1 unspecified atom stereocenters. The quantitative estimate of drug-likeness (QED) is 0.732. The van der Waals surface area contributed by atoms with Crippen molar-refractivity contribution >= 4 is 0 Å². The van der Waals surface area contributed by atoms with E-state index in [1.165, 1.54) is 38.8 Å². The van der Waals surface area contributed by atoms with E-state index in [9.17, 15) is 0 Å². The maximum Gasteiger partial charge on any atom is 0.0598 e. The third-order valence-electron chi connectivity index (χ3n) is 4.18. The maximum atomic E-state index is 6.03. The summed E-state index contributed by atoms with van der Waals surface area (Å²) in [6, 6.07) is 0. The molecule has 0 bridgehead atoms. The molecule has 1 saturated heterocycles. The van der Waals surface area contributed by atoms with Gasteiger partial charge in [-0.05, 0) is 71.4 Å². The monoisotopic (exact) mass is 225 g/mol. The van der Waals surface area contributed by atoms with E-state index in [0.29, 0.717) is 5.41 Å². The molecule has 0 amide bonds. The lowest BCUT2D eigenvalue weighted by molar-refractivity contribution is -0.0464. The second-order valence-electron chi connectivity index (χ2n) is 6.86. The summed E-state index contributed by atoms with van der Waals surface area (Å²) >= 11 is 0. The standard InChI is InChI=1S/C14H27NO/c1-13(2,3)16-11-14(7-8-14)12-6-5-9-15(4)10-12/h12H,5-11H2,1-4H3. The number of hydrogen-bond donors (Lipinski definition) is 0. The summed E-state index contributed by atoms with van der Waals surface area (Å²) in [7, 11) is 2.26. The molecular formula is C14H27NO. The minimum absolute atomic E-state index is 0.0240. The van der Waals surface area contributed by atoms with Crippen LogP contribution in [0.5, 0.6) is 0 Å². The highest BCUT2D eigenvalue weighted by molar-refractivity contribution is 5.00. The lowest BCUT2D eigenvalue weighted by Crippen LogP contribution is -2.39. The van der Waals surface area contributed by atoms with E-state index in [1.54, 1.807) is 0 Å². The van der Waals surface area contributed by atoms with Crippen LogP contribution in [0, 0.1) is 11.3 Å². The predicted octanol–water partition coefficient (Wildman–Crippen LogP) is 2.92. The molecule has 0 radical (unpaired) electrons. The molecule has 94 valence electrons. The first-order valence-corrected chi connectivity index (χ1v) is 6.74. The number of hydrogen-bond acceptors (Lipinski definition) is 2. The molecule has 2 aliphatic rings. The number of likely N-dealkylation sites (tertiary alicyclic amines) is 1. The van der Waals surface area contributed by atoms with Crippen LogP contribution in [-0.4, -0.2) is 37.2 Å². The van der Waals surface area contributed by atoms with Crippen LogP contribution in [0.2, 0.25) is 0 Å². The Kier molecular flexibility index (Phi) is 3.33. The fourth-order valence-electron chi connectivity index (χ4n) is 2.86. The summed E-state index contributed by atoms with van der Waals surface area (Å²) in [6.07, 6.45) is 5.57. The third-order valence-corrected chi connectivity index (χ3v) is 4.18. The van der Waals surface area contributed by atoms with Gasteiger partial charge >= 0.3 is 0 Å². The zero-order valence-electron chi connectivity index (χ0n) is 11.4. The first-order chi connectivity index (χ1) is 7.41. The van der Waals surface area contributed by atoms with Gasteiger partial charge in [-0.3, -0.25) is 0 Å². The van der Waals surface area contributed by atoms with E-state index in [0.717, 1.165) is 12.5 Å². The van der Waals surface area contributed by atoms with Crippen LogP contribution in [0.15, 0.2) is 0 Å². The van der Waals surface area contributed by atoms with Crippen molar-refractivity contribution in [2.24, 2.45) is 11.3 Å². The molecule has 1 atom stereocenters. The Morgan fingerprint density at radius 1 is 1.31 bits per heavy atom. The molecule has 2 fully saturated rings. The minimum Gasteiger partial charge on any atom is -0.375 e. The average molecular weight is 225 g/mol. The van der Waals surface area contributed by atoms with Crippen LogP contribution in [0.25, 0.3) is 0 Å². The molecule has 2 rings (SSSR count). The molecule has 1 aliphatic heterocycles. The Morgan fingerprint density at radius 2 is 2.00 bits per heavy atom. The van der Waals surface area contributed by atoms with Crippen molar-refractivity contribution in [3.05, 3.63) is 0 Å². The number of piperidine rings is 1. The van der Waals surface area contributed by atoms with Gasteiger partial charge in [-0.25, -0.2) is 0 Å². The zero-order chi connectivity index (χ0) is 11.8. The van der Waals surface area contributed by atoms with E-state index in [-0.39, 0.29) is 5.60 Å². The average Bonchev–Trinajstić information content (AvgIpc) is 2.94. The van der Waals surface area contributed by atoms with Crippen molar-refractivity contribution in [1.82, 2.24) is 4.90 Å². The van der Waals surface area contributed by atoms with Gasteiger partial charge in [0.1, 0.15) is 0 Å². The summed E-state index contributed by atoms with van der Waals surface area (Å²) < 4.78 is 6.03. The largest absolute Gasteiger partial charge is 0.375 e. The smallest absolute Gasteiger partial charge is 0.0598 e. The highest BCUT2D eigenvalue weighted by Gasteiger charge is 2.50. The fraction of sp³-hybridized carbons (Fsp3) is 1.00. The van der Waals surface area contributed by atoms with Crippen LogP contribution in [0.3, 0.4) is 0 Å². The molecular weight excluding hydrogens is 198 g/mol. The summed E-state index contributed by atoms with van der Waals surface area (Å²) in [5, 5.41) is 0. The Labute approximate surface area is 100 Å². The highest BCUT2D eigenvalue weighted by atomic mass is 16.5. The fourth-order valence-corrected chi connectivity index (χ4v) is 2.86. The van der Waals surface area contributed by atoms with Gasteiger partial charge in [0.2, 0.25) is 0 Å². The molecule has 0 aromatic carbocycles. The van der Waals surface area contributed by atoms with E-state index in [2.05, 4.69) is 32.7 Å². The van der Waals surface area contributed by atoms with Crippen LogP contribution in [0.4, 0.5) is 0 Å². The third kappa shape index (κ3) is 2.98. The van der Waals surface area contributed by atoms with Gasteiger partial charge in [-0.15, -0.1) is 0 Å². The summed E-state index contributed by atoms with van der Waals surface area (Å²) in [6.45, 7) is 10.0. The number of ether oxygens (including phenoxy) is 1. The normalized spacial score (nSPS) is 30.4. The van der Waals surface area contributed by atoms with Crippen molar-refractivity contribution in [1.29, 1.82) is 0 Å². The molecule has 1 saturated carbocycles. The molecule has 1 aliphatic carbocycles. The van der Waals surface area contributed by atoms with Crippen LogP contribution in [-0.2, 0) is 4.74 Å². The first-order valence-electron chi connectivity index (χ1n) is 6.74. The zero-order valence-corrected chi connectivity index (χ0v) is 11.4. The summed E-state index contributed by atoms with van der Waals surface area (Å²) in [5.41, 5.74) is 0.568. The van der Waals surface area contributed by atoms with Crippen molar-refractivity contribution in [3.8, 4) is 0 Å². The van der Waals surface area contributed by atoms with Gasteiger partial charge in [-0.2, -0.15) is 0 Å². The Bertz CT molecular complexity index is 240. The molecule has 2 heteroatoms. The van der Waals surface area contributed by atoms with Gasteiger partial charge < -0.3 is 9.64 Å². The van der Waals surface area contributed by atoms with Crippen LogP contribution >= 0.6 is 0 Å². The number of nitrogens with zero attached hydrogens (tertiary/aromatic N) is 1.